The Morgan fingerprint density at radius 1 is 1.05 bits per heavy atom. The largest absolute Gasteiger partial charge is 0.465 e. The van der Waals surface area contributed by atoms with Gasteiger partial charge < -0.3 is 9.32 Å². The second kappa shape index (κ2) is 5.78. The first-order valence-corrected chi connectivity index (χ1v) is 6.94. The SMILES string of the molecule is O=C(C(=Cc1ccco1)c1ccccc1)N1CCCC1. The first-order valence-electron chi connectivity index (χ1n) is 6.94. The van der Waals surface area contributed by atoms with Gasteiger partial charge in [0.25, 0.3) is 5.91 Å². The number of furan rings is 1. The molecule has 1 aromatic carbocycles. The molecule has 3 heteroatoms. The number of hydrogen-bond acceptors (Lipinski definition) is 2. The molecular formula is C17H17NO2. The normalized spacial score (nSPS) is 15.6. The van der Waals surface area contributed by atoms with E-state index in [4.69, 9.17) is 4.42 Å². The Bertz CT molecular complexity index is 593. The quantitative estimate of drug-likeness (QED) is 0.798. The fraction of sp³-hybridized carbons (Fsp3) is 0.235. The summed E-state index contributed by atoms with van der Waals surface area (Å²) < 4.78 is 5.35. The van der Waals surface area contributed by atoms with E-state index in [1.807, 2.05) is 53.4 Å². The van der Waals surface area contributed by atoms with Gasteiger partial charge in [-0.2, -0.15) is 0 Å². The molecule has 1 saturated heterocycles. The van der Waals surface area contributed by atoms with Crippen LogP contribution >= 0.6 is 0 Å². The Morgan fingerprint density at radius 3 is 2.45 bits per heavy atom. The number of benzene rings is 1. The minimum Gasteiger partial charge on any atom is -0.465 e. The zero-order chi connectivity index (χ0) is 13.8. The lowest BCUT2D eigenvalue weighted by atomic mass is 10.0. The monoisotopic (exact) mass is 267 g/mol. The molecule has 0 N–H and O–H groups in total. The molecule has 1 fully saturated rings. The predicted octanol–water partition coefficient (Wildman–Crippen LogP) is 3.44. The van der Waals surface area contributed by atoms with Crippen molar-refractivity contribution in [1.82, 2.24) is 4.90 Å². The molecule has 0 aliphatic carbocycles. The van der Waals surface area contributed by atoms with Crippen molar-refractivity contribution in [3.05, 3.63) is 60.1 Å². The molecule has 2 aromatic rings. The summed E-state index contributed by atoms with van der Waals surface area (Å²) in [5.41, 5.74) is 1.63. The van der Waals surface area contributed by atoms with Crippen LogP contribution in [0.3, 0.4) is 0 Å². The van der Waals surface area contributed by atoms with E-state index in [0.717, 1.165) is 31.5 Å². The second-order valence-electron chi connectivity index (χ2n) is 4.94. The number of likely N-dealkylation sites (tertiary alicyclic amines) is 1. The summed E-state index contributed by atoms with van der Waals surface area (Å²) in [6.45, 7) is 1.70. The fourth-order valence-electron chi connectivity index (χ4n) is 2.49. The number of hydrogen-bond donors (Lipinski definition) is 0. The first-order chi connectivity index (χ1) is 9.84. The van der Waals surface area contributed by atoms with Crippen LogP contribution in [0.4, 0.5) is 0 Å². The van der Waals surface area contributed by atoms with E-state index >= 15 is 0 Å². The fourth-order valence-corrected chi connectivity index (χ4v) is 2.49. The predicted molar refractivity (Wildman–Crippen MR) is 78.8 cm³/mol. The molecule has 1 aliphatic heterocycles. The highest BCUT2D eigenvalue weighted by molar-refractivity contribution is 6.24. The van der Waals surface area contributed by atoms with Gasteiger partial charge in [-0.05, 0) is 36.6 Å². The minimum atomic E-state index is 0.0881. The zero-order valence-electron chi connectivity index (χ0n) is 11.3. The third-order valence-corrected chi connectivity index (χ3v) is 3.54. The van der Waals surface area contributed by atoms with Crippen molar-refractivity contribution in [3.63, 3.8) is 0 Å². The first kappa shape index (κ1) is 12.7. The van der Waals surface area contributed by atoms with Crippen LogP contribution in [-0.2, 0) is 4.79 Å². The molecule has 3 nitrogen and oxygen atoms in total. The minimum absolute atomic E-state index is 0.0881. The molecular weight excluding hydrogens is 250 g/mol. The maximum absolute atomic E-state index is 12.7. The van der Waals surface area contributed by atoms with Gasteiger partial charge in [-0.1, -0.05) is 30.3 Å². The Labute approximate surface area is 118 Å². The summed E-state index contributed by atoms with van der Waals surface area (Å²) in [6, 6.07) is 13.5. The number of nitrogens with zero attached hydrogens (tertiary/aromatic N) is 1. The lowest BCUT2D eigenvalue weighted by molar-refractivity contribution is -0.123. The average Bonchev–Trinajstić information content (AvgIpc) is 3.18. The Balaban J connectivity index is 1.97. The third kappa shape index (κ3) is 2.67. The van der Waals surface area contributed by atoms with Crippen LogP contribution in [-0.4, -0.2) is 23.9 Å². The summed E-state index contributed by atoms with van der Waals surface area (Å²) in [6.07, 6.45) is 5.63. The highest BCUT2D eigenvalue weighted by Gasteiger charge is 2.22. The van der Waals surface area contributed by atoms with Crippen LogP contribution < -0.4 is 0 Å². The molecule has 0 unspecified atom stereocenters. The standard InChI is InChI=1S/C17H17NO2/c19-17(18-10-4-5-11-18)16(13-15-9-6-12-20-15)14-7-2-1-3-8-14/h1-3,6-9,12-13H,4-5,10-11H2. The maximum atomic E-state index is 12.7. The van der Waals surface area contributed by atoms with Gasteiger partial charge in [0, 0.05) is 13.1 Å². The van der Waals surface area contributed by atoms with Gasteiger partial charge >= 0.3 is 0 Å². The van der Waals surface area contributed by atoms with E-state index in [-0.39, 0.29) is 5.91 Å². The summed E-state index contributed by atoms with van der Waals surface area (Å²) in [5.74, 6) is 0.793. The number of rotatable bonds is 3. The van der Waals surface area contributed by atoms with Gasteiger partial charge in [-0.25, -0.2) is 0 Å². The second-order valence-corrected chi connectivity index (χ2v) is 4.94. The highest BCUT2D eigenvalue weighted by atomic mass is 16.3. The Kier molecular flexibility index (Phi) is 3.68. The highest BCUT2D eigenvalue weighted by Crippen LogP contribution is 2.23. The molecule has 0 bridgehead atoms. The molecule has 1 aromatic heterocycles. The molecule has 1 amide bonds. The molecule has 3 rings (SSSR count). The molecule has 2 heterocycles. The van der Waals surface area contributed by atoms with Gasteiger partial charge in [0.05, 0.1) is 11.8 Å². The van der Waals surface area contributed by atoms with Gasteiger partial charge in [-0.3, -0.25) is 4.79 Å². The van der Waals surface area contributed by atoms with Gasteiger partial charge in [0.1, 0.15) is 5.76 Å². The van der Waals surface area contributed by atoms with Crippen LogP contribution in [0.1, 0.15) is 24.2 Å². The van der Waals surface area contributed by atoms with E-state index in [1.54, 1.807) is 6.26 Å². The Morgan fingerprint density at radius 2 is 1.80 bits per heavy atom. The van der Waals surface area contributed by atoms with Crippen molar-refractivity contribution >= 4 is 17.6 Å². The summed E-state index contributed by atoms with van der Waals surface area (Å²) in [4.78, 5) is 14.6. The van der Waals surface area contributed by atoms with Crippen molar-refractivity contribution in [1.29, 1.82) is 0 Å². The summed E-state index contributed by atoms with van der Waals surface area (Å²) >= 11 is 0. The van der Waals surface area contributed by atoms with Crippen molar-refractivity contribution < 1.29 is 9.21 Å². The number of carbonyl (C=O) groups is 1. The maximum Gasteiger partial charge on any atom is 0.254 e. The van der Waals surface area contributed by atoms with E-state index in [9.17, 15) is 4.79 Å². The van der Waals surface area contributed by atoms with Gasteiger partial charge in [0.15, 0.2) is 0 Å². The van der Waals surface area contributed by atoms with Crippen LogP contribution in [0.15, 0.2) is 53.1 Å². The number of carbonyl (C=O) groups excluding carboxylic acids is 1. The molecule has 0 saturated carbocycles. The molecule has 1 aliphatic rings. The van der Waals surface area contributed by atoms with E-state index in [0.29, 0.717) is 11.3 Å². The summed E-state index contributed by atoms with van der Waals surface area (Å²) in [5, 5.41) is 0. The van der Waals surface area contributed by atoms with Crippen molar-refractivity contribution in [3.8, 4) is 0 Å². The van der Waals surface area contributed by atoms with E-state index < -0.39 is 0 Å². The van der Waals surface area contributed by atoms with Crippen molar-refractivity contribution in [2.24, 2.45) is 0 Å². The van der Waals surface area contributed by atoms with Crippen LogP contribution in [0.25, 0.3) is 11.6 Å². The topological polar surface area (TPSA) is 33.5 Å². The van der Waals surface area contributed by atoms with Crippen molar-refractivity contribution in [2.75, 3.05) is 13.1 Å². The van der Waals surface area contributed by atoms with Gasteiger partial charge in [-0.15, -0.1) is 0 Å². The van der Waals surface area contributed by atoms with E-state index in [1.165, 1.54) is 0 Å². The molecule has 0 spiro atoms. The van der Waals surface area contributed by atoms with Gasteiger partial charge in [0.2, 0.25) is 0 Å². The van der Waals surface area contributed by atoms with Crippen LogP contribution in [0.5, 0.6) is 0 Å². The lowest BCUT2D eigenvalue weighted by Gasteiger charge is -2.17. The van der Waals surface area contributed by atoms with E-state index in [2.05, 4.69) is 0 Å². The van der Waals surface area contributed by atoms with Crippen LogP contribution in [0.2, 0.25) is 0 Å². The zero-order valence-corrected chi connectivity index (χ0v) is 11.3. The Hall–Kier alpha value is -2.29. The van der Waals surface area contributed by atoms with Crippen LogP contribution in [0, 0.1) is 0 Å². The van der Waals surface area contributed by atoms with Crippen molar-refractivity contribution in [2.45, 2.75) is 12.8 Å². The third-order valence-electron chi connectivity index (χ3n) is 3.54. The molecule has 0 atom stereocenters. The smallest absolute Gasteiger partial charge is 0.254 e. The molecule has 20 heavy (non-hydrogen) atoms. The number of amides is 1. The molecule has 102 valence electrons. The summed E-state index contributed by atoms with van der Waals surface area (Å²) in [7, 11) is 0. The lowest BCUT2D eigenvalue weighted by Crippen LogP contribution is -2.28. The molecule has 0 radical (unpaired) electrons. The average molecular weight is 267 g/mol.